The molecule has 0 saturated carbocycles. The van der Waals surface area contributed by atoms with E-state index < -0.39 is 16.4 Å². The molecule has 3 atom stereocenters. The van der Waals surface area contributed by atoms with Crippen LogP contribution in [-0.4, -0.2) is 74.0 Å². The molecule has 3 aromatic heterocycles. The molecule has 0 radical (unpaired) electrons. The first kappa shape index (κ1) is 25.3. The first-order valence-electron chi connectivity index (χ1n) is 12.7. The van der Waals surface area contributed by atoms with E-state index in [9.17, 15) is 23.4 Å². The van der Waals surface area contributed by atoms with E-state index in [1.165, 1.54) is 10.7 Å². The molecular weight excluding hydrogens is 520 g/mol. The van der Waals surface area contributed by atoms with Crippen LogP contribution in [0.4, 0.5) is 5.82 Å². The Kier molecular flexibility index (Phi) is 6.03. The molecule has 1 amide bonds. The fraction of sp³-hybridized carbons (Fsp3) is 0.333. The summed E-state index contributed by atoms with van der Waals surface area (Å²) in [7, 11) is -3.77. The molecular formula is C27H28N6O5S. The maximum absolute atomic E-state index is 13.0. The maximum atomic E-state index is 13.0. The van der Waals surface area contributed by atoms with Gasteiger partial charge in [-0.2, -0.15) is 9.61 Å². The number of sulfone groups is 1. The van der Waals surface area contributed by atoms with E-state index in [2.05, 4.69) is 10.1 Å². The number of fused-ring (bicyclic) bond motifs is 3. The number of carbonyl (C=O) groups excluding carboxylic acids is 1. The van der Waals surface area contributed by atoms with Crippen molar-refractivity contribution in [2.75, 3.05) is 18.6 Å². The van der Waals surface area contributed by atoms with E-state index in [0.717, 1.165) is 24.7 Å². The van der Waals surface area contributed by atoms with Gasteiger partial charge in [0.2, 0.25) is 5.91 Å². The summed E-state index contributed by atoms with van der Waals surface area (Å²) in [6.45, 7) is -0.549. The van der Waals surface area contributed by atoms with Crippen molar-refractivity contribution in [3.8, 4) is 28.1 Å². The Balaban J connectivity index is 1.46. The minimum Gasteiger partial charge on any atom is -0.506 e. The van der Waals surface area contributed by atoms with Crippen LogP contribution in [0.15, 0.2) is 53.7 Å². The second-order valence-electron chi connectivity index (χ2n) is 10.2. The molecule has 4 aromatic rings. The van der Waals surface area contributed by atoms with Gasteiger partial charge in [-0.05, 0) is 31.7 Å². The van der Waals surface area contributed by atoms with Crippen molar-refractivity contribution in [3.63, 3.8) is 0 Å². The molecule has 39 heavy (non-hydrogen) atoms. The first-order chi connectivity index (χ1) is 18.7. The number of benzene rings is 1. The van der Waals surface area contributed by atoms with Gasteiger partial charge in [0.1, 0.15) is 28.8 Å². The smallest absolute Gasteiger partial charge is 0.248 e. The molecule has 12 heteroatoms. The summed E-state index contributed by atoms with van der Waals surface area (Å²) in [4.78, 5) is 23.3. The van der Waals surface area contributed by atoms with Gasteiger partial charge in [-0.15, -0.1) is 0 Å². The normalized spacial score (nSPS) is 21.0. The predicted octanol–water partition coefficient (Wildman–Crippen LogP) is 2.38. The predicted molar refractivity (Wildman–Crippen MR) is 144 cm³/mol. The van der Waals surface area contributed by atoms with E-state index in [1.54, 1.807) is 17.2 Å². The molecule has 5 heterocycles. The number of piperidine rings is 1. The van der Waals surface area contributed by atoms with Gasteiger partial charge in [-0.25, -0.2) is 13.4 Å². The third kappa shape index (κ3) is 4.20. The standard InChI is InChI=1S/C27H28N6O5S/c1-39(37,38)25-24(16-9-18-7-8-19(10-16)32(18)22(36)14-34)31-27-20(13-30-33(27)26(25)28)17-11-21(35)23(29-12-17)15-5-3-2-4-6-15/h2-6,11-13,16,18-19,34-35H,7-10,14,28H2,1H3/t16-,18-,19+. The Bertz CT molecular complexity index is 1690. The number of nitrogens with zero attached hydrogens (tertiary/aromatic N) is 5. The number of amides is 1. The summed E-state index contributed by atoms with van der Waals surface area (Å²) < 4.78 is 27.2. The number of aromatic nitrogens is 4. The number of rotatable bonds is 5. The topological polar surface area (TPSA) is 164 Å². The Hall–Kier alpha value is -4.03. The lowest BCUT2D eigenvalue weighted by Gasteiger charge is -2.39. The number of anilines is 1. The van der Waals surface area contributed by atoms with Crippen molar-refractivity contribution in [2.24, 2.45) is 0 Å². The van der Waals surface area contributed by atoms with Crippen molar-refractivity contribution in [2.45, 2.75) is 48.6 Å². The SMILES string of the molecule is CS(=O)(=O)c1c([C@@H]2C[C@H]3CC[C@@H](C2)N3C(=O)CO)nc2c(-c3cnc(-c4ccccc4)c(O)c3)cnn2c1N. The van der Waals surface area contributed by atoms with Crippen LogP contribution in [-0.2, 0) is 14.6 Å². The van der Waals surface area contributed by atoms with Crippen molar-refractivity contribution >= 4 is 27.2 Å². The summed E-state index contributed by atoms with van der Waals surface area (Å²) in [6.07, 6.45) is 6.85. The minimum absolute atomic E-state index is 0.0171. The zero-order valence-corrected chi connectivity index (χ0v) is 22.0. The molecule has 2 fully saturated rings. The Morgan fingerprint density at radius 3 is 2.41 bits per heavy atom. The van der Waals surface area contributed by atoms with Gasteiger partial charge in [0.05, 0.1) is 11.9 Å². The Morgan fingerprint density at radius 1 is 1.10 bits per heavy atom. The number of nitrogen functional groups attached to an aromatic ring is 1. The third-order valence-corrected chi connectivity index (χ3v) is 8.96. The molecule has 202 valence electrons. The summed E-state index contributed by atoms with van der Waals surface area (Å²) in [6, 6.07) is 10.7. The van der Waals surface area contributed by atoms with Crippen LogP contribution in [0.5, 0.6) is 5.75 Å². The third-order valence-electron chi connectivity index (χ3n) is 7.80. The van der Waals surface area contributed by atoms with E-state index in [1.807, 2.05) is 30.3 Å². The minimum atomic E-state index is -3.77. The monoisotopic (exact) mass is 548 g/mol. The fourth-order valence-corrected chi connectivity index (χ4v) is 7.24. The van der Waals surface area contributed by atoms with Crippen molar-refractivity contribution in [1.82, 2.24) is 24.5 Å². The highest BCUT2D eigenvalue weighted by atomic mass is 32.2. The molecule has 1 aromatic carbocycles. The number of aliphatic hydroxyl groups excluding tert-OH is 1. The largest absolute Gasteiger partial charge is 0.506 e. The molecule has 2 saturated heterocycles. The number of hydrogen-bond acceptors (Lipinski definition) is 9. The summed E-state index contributed by atoms with van der Waals surface area (Å²) in [5, 5.41) is 24.5. The fourth-order valence-electron chi connectivity index (χ4n) is 6.19. The number of nitrogens with two attached hydrogens (primary N) is 1. The molecule has 11 nitrogen and oxygen atoms in total. The molecule has 6 rings (SSSR count). The average molecular weight is 549 g/mol. The highest BCUT2D eigenvalue weighted by Crippen LogP contribution is 2.45. The second-order valence-corrected chi connectivity index (χ2v) is 12.2. The lowest BCUT2D eigenvalue weighted by atomic mass is 9.87. The molecule has 2 bridgehead atoms. The maximum Gasteiger partial charge on any atom is 0.248 e. The number of carbonyl (C=O) groups is 1. The van der Waals surface area contributed by atoms with Gasteiger partial charge >= 0.3 is 0 Å². The van der Waals surface area contributed by atoms with Crippen LogP contribution in [0.3, 0.4) is 0 Å². The lowest BCUT2D eigenvalue weighted by molar-refractivity contribution is -0.138. The lowest BCUT2D eigenvalue weighted by Crippen LogP contribution is -2.47. The van der Waals surface area contributed by atoms with Gasteiger partial charge in [0, 0.05) is 47.1 Å². The van der Waals surface area contributed by atoms with Crippen LogP contribution >= 0.6 is 0 Å². The highest BCUT2D eigenvalue weighted by molar-refractivity contribution is 7.91. The van der Waals surface area contributed by atoms with Crippen LogP contribution < -0.4 is 5.73 Å². The van der Waals surface area contributed by atoms with Gasteiger partial charge in [-0.3, -0.25) is 9.78 Å². The summed E-state index contributed by atoms with van der Waals surface area (Å²) in [5.41, 5.74) is 9.44. The average Bonchev–Trinajstić information content (AvgIpc) is 3.46. The van der Waals surface area contributed by atoms with Gasteiger partial charge < -0.3 is 20.8 Å². The second kappa shape index (κ2) is 9.31. The van der Waals surface area contributed by atoms with Crippen molar-refractivity contribution < 1.29 is 23.4 Å². The van der Waals surface area contributed by atoms with E-state index in [-0.39, 0.29) is 40.4 Å². The Labute approximate surface area is 224 Å². The molecule has 2 aliphatic rings. The van der Waals surface area contributed by atoms with E-state index in [0.29, 0.717) is 41.0 Å². The molecule has 0 unspecified atom stereocenters. The highest BCUT2D eigenvalue weighted by Gasteiger charge is 2.45. The molecule has 0 aliphatic carbocycles. The molecule has 4 N–H and O–H groups in total. The number of aliphatic hydroxyl groups is 1. The van der Waals surface area contributed by atoms with Gasteiger partial charge in [0.25, 0.3) is 0 Å². The summed E-state index contributed by atoms with van der Waals surface area (Å²) >= 11 is 0. The molecule has 2 aliphatic heterocycles. The quantitative estimate of drug-likeness (QED) is 0.340. The number of pyridine rings is 1. The first-order valence-corrected chi connectivity index (χ1v) is 14.6. The van der Waals surface area contributed by atoms with E-state index >= 15 is 0 Å². The number of aromatic hydroxyl groups is 1. The van der Waals surface area contributed by atoms with Crippen LogP contribution in [0.1, 0.15) is 37.3 Å². The van der Waals surface area contributed by atoms with Gasteiger partial charge in [0.15, 0.2) is 15.5 Å². The van der Waals surface area contributed by atoms with Crippen molar-refractivity contribution in [1.29, 1.82) is 0 Å². The van der Waals surface area contributed by atoms with Crippen LogP contribution in [0.2, 0.25) is 0 Å². The van der Waals surface area contributed by atoms with E-state index in [4.69, 9.17) is 10.7 Å². The van der Waals surface area contributed by atoms with Crippen LogP contribution in [0, 0.1) is 0 Å². The zero-order valence-electron chi connectivity index (χ0n) is 21.2. The molecule has 0 spiro atoms. The summed E-state index contributed by atoms with van der Waals surface area (Å²) in [5.74, 6) is -0.618. The van der Waals surface area contributed by atoms with Crippen LogP contribution in [0.25, 0.3) is 28.0 Å². The zero-order chi connectivity index (χ0) is 27.5. The van der Waals surface area contributed by atoms with Crippen molar-refractivity contribution in [3.05, 3.63) is 54.5 Å². The van der Waals surface area contributed by atoms with Gasteiger partial charge in [-0.1, -0.05) is 30.3 Å². The number of hydrogen-bond donors (Lipinski definition) is 3. The Morgan fingerprint density at radius 2 is 1.79 bits per heavy atom.